The third kappa shape index (κ3) is 4.70. The number of imidazole rings is 1. The van der Waals surface area contributed by atoms with Gasteiger partial charge in [0.15, 0.2) is 6.61 Å². The molecule has 1 aromatic heterocycles. The van der Waals surface area contributed by atoms with Crippen molar-refractivity contribution in [3.05, 3.63) is 48.0 Å². The molecule has 2 aromatic carbocycles. The number of nitrogens with one attached hydrogen (secondary N) is 1. The second-order valence-corrected chi connectivity index (χ2v) is 9.52. The Morgan fingerprint density at radius 3 is 2.69 bits per heavy atom. The maximum absolute atomic E-state index is 10.9. The van der Waals surface area contributed by atoms with Crippen LogP contribution in [0.25, 0.3) is 11.0 Å². The van der Waals surface area contributed by atoms with E-state index in [0.29, 0.717) is 17.2 Å². The Kier molecular flexibility index (Phi) is 5.79. The number of rotatable bonds is 6. The number of ether oxygens (including phenoxy) is 1. The van der Waals surface area contributed by atoms with Gasteiger partial charge < -0.3 is 19.7 Å². The van der Waals surface area contributed by atoms with Crippen molar-refractivity contribution in [1.29, 1.82) is 5.26 Å². The molecule has 0 aliphatic heterocycles. The standard InChI is InChI=1S/C25H28N4O3/c1-16-10-19(13-25(2,3)12-16)29-22-9-8-20(32-15-23(30)31)11-21(22)28-24(29)27-18-6-4-17(14-26)5-7-18/h4-9,11,16,19H,10,12-13,15H2,1-3H3,(H,27,28)(H,30,31)/t16-,19+/m0/s1. The van der Waals surface area contributed by atoms with Crippen LogP contribution in [0.1, 0.15) is 51.6 Å². The summed E-state index contributed by atoms with van der Waals surface area (Å²) in [6, 6.07) is 15.3. The van der Waals surface area contributed by atoms with E-state index in [1.807, 2.05) is 18.2 Å². The normalized spacial score (nSPS) is 19.9. The number of carboxylic acid groups (broad SMARTS) is 1. The molecule has 3 aromatic rings. The van der Waals surface area contributed by atoms with Gasteiger partial charge in [-0.2, -0.15) is 5.26 Å². The lowest BCUT2D eigenvalue weighted by Gasteiger charge is -2.40. The summed E-state index contributed by atoms with van der Waals surface area (Å²) in [6.07, 6.45) is 3.30. The van der Waals surface area contributed by atoms with Crippen LogP contribution >= 0.6 is 0 Å². The van der Waals surface area contributed by atoms with E-state index in [0.717, 1.165) is 35.5 Å². The monoisotopic (exact) mass is 432 g/mol. The second-order valence-electron chi connectivity index (χ2n) is 9.52. The van der Waals surface area contributed by atoms with E-state index in [-0.39, 0.29) is 11.5 Å². The third-order valence-corrected chi connectivity index (χ3v) is 6.02. The van der Waals surface area contributed by atoms with E-state index < -0.39 is 12.6 Å². The van der Waals surface area contributed by atoms with Gasteiger partial charge in [-0.25, -0.2) is 9.78 Å². The molecule has 0 unspecified atom stereocenters. The third-order valence-electron chi connectivity index (χ3n) is 6.02. The van der Waals surface area contributed by atoms with Crippen LogP contribution in [0.5, 0.6) is 5.75 Å². The highest BCUT2D eigenvalue weighted by molar-refractivity contribution is 5.81. The molecule has 1 saturated carbocycles. The zero-order valence-electron chi connectivity index (χ0n) is 18.6. The summed E-state index contributed by atoms with van der Waals surface area (Å²) in [5, 5.41) is 21.4. The maximum Gasteiger partial charge on any atom is 0.341 e. The summed E-state index contributed by atoms with van der Waals surface area (Å²) < 4.78 is 7.63. The van der Waals surface area contributed by atoms with Gasteiger partial charge in [0, 0.05) is 17.8 Å². The number of benzene rings is 2. The number of aliphatic carboxylic acids is 1. The molecule has 7 nitrogen and oxygen atoms in total. The summed E-state index contributed by atoms with van der Waals surface area (Å²) in [5.41, 5.74) is 3.42. The van der Waals surface area contributed by atoms with E-state index >= 15 is 0 Å². The second kappa shape index (κ2) is 8.54. The van der Waals surface area contributed by atoms with E-state index in [4.69, 9.17) is 20.1 Å². The Bertz CT molecular complexity index is 1170. The number of anilines is 2. The van der Waals surface area contributed by atoms with Gasteiger partial charge in [-0.05, 0) is 67.0 Å². The molecule has 0 saturated heterocycles. The molecule has 0 amide bonds. The van der Waals surface area contributed by atoms with E-state index in [1.54, 1.807) is 24.3 Å². The topological polar surface area (TPSA) is 100 Å². The summed E-state index contributed by atoms with van der Waals surface area (Å²) in [4.78, 5) is 15.7. The van der Waals surface area contributed by atoms with Gasteiger partial charge in [0.05, 0.1) is 22.7 Å². The number of carbonyl (C=O) groups is 1. The summed E-state index contributed by atoms with van der Waals surface area (Å²) in [5.74, 6) is 0.793. The lowest BCUT2D eigenvalue weighted by Crippen LogP contribution is -2.29. The van der Waals surface area contributed by atoms with Gasteiger partial charge in [-0.3, -0.25) is 0 Å². The molecule has 1 fully saturated rings. The SMILES string of the molecule is C[C@H]1C[C@@H](n2c(Nc3ccc(C#N)cc3)nc3cc(OCC(=O)O)ccc32)CC(C)(C)C1. The minimum absolute atomic E-state index is 0.231. The number of aromatic nitrogens is 2. The number of hydrogen-bond acceptors (Lipinski definition) is 5. The van der Waals surface area contributed by atoms with Crippen molar-refractivity contribution < 1.29 is 14.6 Å². The Labute approximate surface area is 187 Å². The Balaban J connectivity index is 1.75. The first-order valence-corrected chi connectivity index (χ1v) is 10.9. The van der Waals surface area contributed by atoms with Crippen molar-refractivity contribution in [2.75, 3.05) is 11.9 Å². The lowest BCUT2D eigenvalue weighted by molar-refractivity contribution is -0.139. The number of hydrogen-bond donors (Lipinski definition) is 2. The van der Waals surface area contributed by atoms with Crippen LogP contribution in [-0.2, 0) is 4.79 Å². The van der Waals surface area contributed by atoms with Crippen molar-refractivity contribution in [1.82, 2.24) is 9.55 Å². The van der Waals surface area contributed by atoms with E-state index in [9.17, 15) is 4.79 Å². The molecule has 1 aliphatic carbocycles. The molecule has 1 aliphatic rings. The van der Waals surface area contributed by atoms with Gasteiger partial charge in [-0.15, -0.1) is 0 Å². The van der Waals surface area contributed by atoms with Crippen molar-refractivity contribution in [3.63, 3.8) is 0 Å². The van der Waals surface area contributed by atoms with E-state index in [1.165, 1.54) is 6.42 Å². The highest BCUT2D eigenvalue weighted by Crippen LogP contribution is 2.46. The van der Waals surface area contributed by atoms with Crippen LogP contribution in [0.15, 0.2) is 42.5 Å². The first-order valence-electron chi connectivity index (χ1n) is 10.9. The number of fused-ring (bicyclic) bond motifs is 1. The minimum Gasteiger partial charge on any atom is -0.482 e. The van der Waals surface area contributed by atoms with Crippen molar-refractivity contribution >= 4 is 28.6 Å². The van der Waals surface area contributed by atoms with Crippen molar-refractivity contribution in [2.45, 2.75) is 46.1 Å². The summed E-state index contributed by atoms with van der Waals surface area (Å²) in [7, 11) is 0. The zero-order valence-corrected chi connectivity index (χ0v) is 18.6. The van der Waals surface area contributed by atoms with E-state index in [2.05, 4.69) is 36.7 Å². The molecule has 0 spiro atoms. The fourth-order valence-corrected chi connectivity index (χ4v) is 5.02. The summed E-state index contributed by atoms with van der Waals surface area (Å²) >= 11 is 0. The van der Waals surface area contributed by atoms with Crippen LogP contribution in [-0.4, -0.2) is 27.2 Å². The molecule has 0 bridgehead atoms. The molecule has 166 valence electrons. The highest BCUT2D eigenvalue weighted by Gasteiger charge is 2.34. The predicted molar refractivity (Wildman–Crippen MR) is 123 cm³/mol. The average molecular weight is 433 g/mol. The largest absolute Gasteiger partial charge is 0.482 e. The molecular formula is C25H28N4O3. The van der Waals surface area contributed by atoms with Crippen LogP contribution in [0.2, 0.25) is 0 Å². The van der Waals surface area contributed by atoms with Gasteiger partial charge in [-0.1, -0.05) is 20.8 Å². The molecule has 2 atom stereocenters. The Morgan fingerprint density at radius 2 is 2.03 bits per heavy atom. The highest BCUT2D eigenvalue weighted by atomic mass is 16.5. The van der Waals surface area contributed by atoms with Gasteiger partial charge in [0.1, 0.15) is 5.75 Å². The number of nitrogens with zero attached hydrogens (tertiary/aromatic N) is 3. The first-order chi connectivity index (χ1) is 15.2. The van der Waals surface area contributed by atoms with Crippen molar-refractivity contribution in [2.24, 2.45) is 11.3 Å². The number of carboxylic acids is 1. The lowest BCUT2D eigenvalue weighted by atomic mass is 9.70. The zero-order chi connectivity index (χ0) is 22.9. The molecule has 7 heteroatoms. The minimum atomic E-state index is -1.02. The van der Waals surface area contributed by atoms with Crippen LogP contribution in [0.4, 0.5) is 11.6 Å². The van der Waals surface area contributed by atoms with Crippen LogP contribution < -0.4 is 10.1 Å². The number of nitriles is 1. The molecule has 4 rings (SSSR count). The van der Waals surface area contributed by atoms with Crippen molar-refractivity contribution in [3.8, 4) is 11.8 Å². The van der Waals surface area contributed by atoms with Crippen LogP contribution in [0, 0.1) is 22.7 Å². The molecule has 1 heterocycles. The molecular weight excluding hydrogens is 404 g/mol. The smallest absolute Gasteiger partial charge is 0.341 e. The average Bonchev–Trinajstić information content (AvgIpc) is 3.08. The molecule has 0 radical (unpaired) electrons. The van der Waals surface area contributed by atoms with Crippen LogP contribution in [0.3, 0.4) is 0 Å². The molecule has 32 heavy (non-hydrogen) atoms. The predicted octanol–water partition coefficient (Wildman–Crippen LogP) is 5.50. The first kappa shape index (κ1) is 21.7. The fraction of sp³-hybridized carbons (Fsp3) is 0.400. The molecule has 2 N–H and O–H groups in total. The summed E-state index contributed by atoms with van der Waals surface area (Å²) in [6.45, 7) is 6.55. The maximum atomic E-state index is 10.9. The van der Waals surface area contributed by atoms with Gasteiger partial charge >= 0.3 is 5.97 Å². The Morgan fingerprint density at radius 1 is 1.28 bits per heavy atom. The fourth-order valence-electron chi connectivity index (χ4n) is 5.02. The quantitative estimate of drug-likeness (QED) is 0.533. The van der Waals surface area contributed by atoms with Gasteiger partial charge in [0.25, 0.3) is 0 Å². The Hall–Kier alpha value is -3.53. The van der Waals surface area contributed by atoms with Gasteiger partial charge in [0.2, 0.25) is 5.95 Å².